The predicted molar refractivity (Wildman–Crippen MR) is 83.9 cm³/mol. The lowest BCUT2D eigenvalue weighted by atomic mass is 9.67. The van der Waals surface area contributed by atoms with Gasteiger partial charge in [0.1, 0.15) is 17.3 Å². The minimum absolute atomic E-state index is 0.0136. The number of carbonyl (C=O) groups is 3. The fraction of sp³-hybridized carbons (Fsp3) is 0.722. The molecule has 1 saturated carbocycles. The van der Waals surface area contributed by atoms with Gasteiger partial charge in [0.2, 0.25) is 0 Å². The summed E-state index contributed by atoms with van der Waals surface area (Å²) in [5.74, 6) is -0.561. The SMILES string of the molecule is C=C1CC(=O)C(C(=O)C(C)CC)CC1C(CCC)C(C)=O. The highest BCUT2D eigenvalue weighted by molar-refractivity contribution is 6.04. The molecule has 0 aromatic carbocycles. The summed E-state index contributed by atoms with van der Waals surface area (Å²) in [6, 6.07) is 0. The predicted octanol–water partition coefficient (Wildman–Crippen LogP) is 3.76. The molecular formula is C18H28O3. The quantitative estimate of drug-likeness (QED) is 0.530. The summed E-state index contributed by atoms with van der Waals surface area (Å²) in [6.45, 7) is 11.5. The van der Waals surface area contributed by atoms with Gasteiger partial charge >= 0.3 is 0 Å². The second-order valence-electron chi connectivity index (χ2n) is 6.41. The molecule has 3 heteroatoms. The summed E-state index contributed by atoms with van der Waals surface area (Å²) < 4.78 is 0. The molecule has 4 atom stereocenters. The Balaban J connectivity index is 2.96. The average Bonchev–Trinajstić information content (AvgIpc) is 2.43. The average molecular weight is 292 g/mol. The standard InChI is InChI=1S/C18H28O3/c1-6-8-14(13(5)19)15-10-16(17(20)9-12(15)4)18(21)11(3)7-2/h11,14-16H,4,6-10H2,1-3,5H3. The van der Waals surface area contributed by atoms with Crippen LogP contribution in [0.2, 0.25) is 0 Å². The van der Waals surface area contributed by atoms with E-state index in [-0.39, 0.29) is 41.5 Å². The van der Waals surface area contributed by atoms with Gasteiger partial charge in [0.05, 0.1) is 5.92 Å². The summed E-state index contributed by atoms with van der Waals surface area (Å²) >= 11 is 0. The van der Waals surface area contributed by atoms with Crippen LogP contribution >= 0.6 is 0 Å². The van der Waals surface area contributed by atoms with Crippen LogP contribution in [0.25, 0.3) is 0 Å². The van der Waals surface area contributed by atoms with Crippen molar-refractivity contribution in [1.29, 1.82) is 0 Å². The van der Waals surface area contributed by atoms with Gasteiger partial charge in [-0.15, -0.1) is 0 Å². The zero-order valence-corrected chi connectivity index (χ0v) is 13.8. The highest BCUT2D eigenvalue weighted by Crippen LogP contribution is 2.38. The maximum absolute atomic E-state index is 12.4. The molecule has 118 valence electrons. The van der Waals surface area contributed by atoms with E-state index in [1.165, 1.54) is 0 Å². The summed E-state index contributed by atoms with van der Waals surface area (Å²) in [5, 5.41) is 0. The van der Waals surface area contributed by atoms with Gasteiger partial charge in [-0.1, -0.05) is 39.3 Å². The first-order valence-corrected chi connectivity index (χ1v) is 8.07. The fourth-order valence-electron chi connectivity index (χ4n) is 3.30. The van der Waals surface area contributed by atoms with Crippen LogP contribution in [-0.2, 0) is 14.4 Å². The lowest BCUT2D eigenvalue weighted by Gasteiger charge is -2.34. The molecule has 4 unspecified atom stereocenters. The molecular weight excluding hydrogens is 264 g/mol. The van der Waals surface area contributed by atoms with Crippen LogP contribution in [0.4, 0.5) is 0 Å². The Kier molecular flexibility index (Phi) is 6.50. The lowest BCUT2D eigenvalue weighted by molar-refractivity contribution is -0.137. The van der Waals surface area contributed by atoms with E-state index in [0.29, 0.717) is 6.42 Å². The molecule has 0 aromatic heterocycles. The highest BCUT2D eigenvalue weighted by atomic mass is 16.2. The van der Waals surface area contributed by atoms with Gasteiger partial charge in [-0.05, 0) is 32.1 Å². The van der Waals surface area contributed by atoms with E-state index in [1.807, 2.05) is 13.8 Å². The topological polar surface area (TPSA) is 51.2 Å². The third-order valence-electron chi connectivity index (χ3n) is 4.85. The normalized spacial score (nSPS) is 25.5. The van der Waals surface area contributed by atoms with Gasteiger partial charge in [0, 0.05) is 18.3 Å². The van der Waals surface area contributed by atoms with Crippen molar-refractivity contribution < 1.29 is 14.4 Å². The molecule has 1 aliphatic carbocycles. The van der Waals surface area contributed by atoms with Gasteiger partial charge in [0.25, 0.3) is 0 Å². The molecule has 1 aliphatic rings. The van der Waals surface area contributed by atoms with Gasteiger partial charge in [-0.2, -0.15) is 0 Å². The van der Waals surface area contributed by atoms with Crippen LogP contribution in [0.15, 0.2) is 12.2 Å². The number of carbonyl (C=O) groups excluding carboxylic acids is 3. The Morgan fingerprint density at radius 3 is 2.43 bits per heavy atom. The van der Waals surface area contributed by atoms with E-state index >= 15 is 0 Å². The minimum atomic E-state index is -0.533. The maximum atomic E-state index is 12.4. The van der Waals surface area contributed by atoms with Crippen molar-refractivity contribution in [2.24, 2.45) is 23.7 Å². The Morgan fingerprint density at radius 2 is 1.95 bits per heavy atom. The van der Waals surface area contributed by atoms with Crippen molar-refractivity contribution in [1.82, 2.24) is 0 Å². The van der Waals surface area contributed by atoms with Crippen molar-refractivity contribution >= 4 is 17.3 Å². The van der Waals surface area contributed by atoms with Crippen molar-refractivity contribution in [3.8, 4) is 0 Å². The minimum Gasteiger partial charge on any atom is -0.300 e. The van der Waals surface area contributed by atoms with Gasteiger partial charge in [-0.25, -0.2) is 0 Å². The van der Waals surface area contributed by atoms with Crippen molar-refractivity contribution in [3.05, 3.63) is 12.2 Å². The number of hydrogen-bond donors (Lipinski definition) is 0. The summed E-state index contributed by atoms with van der Waals surface area (Å²) in [6.07, 6.45) is 3.21. The Hall–Kier alpha value is -1.25. The number of ketones is 3. The fourth-order valence-corrected chi connectivity index (χ4v) is 3.30. The van der Waals surface area contributed by atoms with Gasteiger partial charge in [0.15, 0.2) is 0 Å². The van der Waals surface area contributed by atoms with Gasteiger partial charge < -0.3 is 0 Å². The Bertz CT molecular complexity index is 436. The second-order valence-corrected chi connectivity index (χ2v) is 6.41. The summed E-state index contributed by atoms with van der Waals surface area (Å²) in [4.78, 5) is 36.5. The van der Waals surface area contributed by atoms with Gasteiger partial charge in [-0.3, -0.25) is 14.4 Å². The van der Waals surface area contributed by atoms with Crippen molar-refractivity contribution in [2.75, 3.05) is 0 Å². The smallest absolute Gasteiger partial charge is 0.147 e. The number of allylic oxidation sites excluding steroid dienone is 1. The third-order valence-corrected chi connectivity index (χ3v) is 4.85. The van der Waals surface area contributed by atoms with Crippen LogP contribution < -0.4 is 0 Å². The molecule has 0 spiro atoms. The molecule has 1 fully saturated rings. The first kappa shape index (κ1) is 17.8. The first-order chi connectivity index (χ1) is 9.83. The molecule has 0 heterocycles. The van der Waals surface area contributed by atoms with E-state index in [1.54, 1.807) is 6.92 Å². The Morgan fingerprint density at radius 1 is 1.33 bits per heavy atom. The van der Waals surface area contributed by atoms with Crippen LogP contribution in [0.1, 0.15) is 59.8 Å². The van der Waals surface area contributed by atoms with Crippen molar-refractivity contribution in [2.45, 2.75) is 59.8 Å². The first-order valence-electron chi connectivity index (χ1n) is 8.07. The zero-order valence-electron chi connectivity index (χ0n) is 13.8. The van der Waals surface area contributed by atoms with Crippen LogP contribution in [0, 0.1) is 23.7 Å². The molecule has 0 bridgehead atoms. The Labute approximate surface area is 128 Å². The molecule has 0 radical (unpaired) electrons. The van der Waals surface area contributed by atoms with Crippen LogP contribution in [0.5, 0.6) is 0 Å². The van der Waals surface area contributed by atoms with E-state index in [0.717, 1.165) is 24.8 Å². The van der Waals surface area contributed by atoms with Crippen LogP contribution in [0.3, 0.4) is 0 Å². The molecule has 21 heavy (non-hydrogen) atoms. The molecule has 3 nitrogen and oxygen atoms in total. The largest absolute Gasteiger partial charge is 0.300 e. The second kappa shape index (κ2) is 7.67. The monoisotopic (exact) mass is 292 g/mol. The zero-order chi connectivity index (χ0) is 16.2. The molecule has 1 rings (SSSR count). The summed E-state index contributed by atoms with van der Waals surface area (Å²) in [5.41, 5.74) is 0.835. The maximum Gasteiger partial charge on any atom is 0.147 e. The van der Waals surface area contributed by atoms with E-state index < -0.39 is 5.92 Å². The van der Waals surface area contributed by atoms with E-state index in [2.05, 4.69) is 13.5 Å². The third kappa shape index (κ3) is 4.12. The van der Waals surface area contributed by atoms with Crippen LogP contribution in [-0.4, -0.2) is 17.3 Å². The molecule has 0 aliphatic heterocycles. The molecule has 0 amide bonds. The number of rotatable bonds is 7. The number of Topliss-reactive ketones (excluding diaryl/α,β-unsaturated/α-hetero) is 3. The molecule has 0 saturated heterocycles. The van der Waals surface area contributed by atoms with E-state index in [4.69, 9.17) is 0 Å². The molecule has 0 aromatic rings. The lowest BCUT2D eigenvalue weighted by Crippen LogP contribution is -2.38. The number of hydrogen-bond acceptors (Lipinski definition) is 3. The van der Waals surface area contributed by atoms with E-state index in [9.17, 15) is 14.4 Å². The van der Waals surface area contributed by atoms with Crippen molar-refractivity contribution in [3.63, 3.8) is 0 Å². The highest BCUT2D eigenvalue weighted by Gasteiger charge is 2.40. The molecule has 0 N–H and O–H groups in total. The summed E-state index contributed by atoms with van der Waals surface area (Å²) in [7, 11) is 0.